The SMILES string of the molecule is Cc1cn2cc(NC(=O)c3ccc(N4CCN[C@H](C5CC5)C4)c4cn(C)nc34)cc(F)c2n1. The molecule has 9 heteroatoms. The molecule has 170 valence electrons. The summed E-state index contributed by atoms with van der Waals surface area (Å²) in [6.45, 7) is 4.63. The first kappa shape index (κ1) is 20.2. The molecule has 0 bridgehead atoms. The summed E-state index contributed by atoms with van der Waals surface area (Å²) in [5.74, 6) is -0.0283. The van der Waals surface area contributed by atoms with Crippen LogP contribution < -0.4 is 15.5 Å². The Balaban J connectivity index is 1.32. The van der Waals surface area contributed by atoms with Gasteiger partial charge in [0.1, 0.15) is 5.52 Å². The van der Waals surface area contributed by atoms with Crippen molar-refractivity contribution in [1.82, 2.24) is 24.5 Å². The number of aryl methyl sites for hydroxylation is 2. The van der Waals surface area contributed by atoms with Crippen LogP contribution in [0.1, 0.15) is 28.9 Å². The van der Waals surface area contributed by atoms with Crippen LogP contribution in [0.2, 0.25) is 0 Å². The lowest BCUT2D eigenvalue weighted by Crippen LogP contribution is -2.51. The van der Waals surface area contributed by atoms with E-state index in [1.807, 2.05) is 25.4 Å². The predicted molar refractivity (Wildman–Crippen MR) is 125 cm³/mol. The summed E-state index contributed by atoms with van der Waals surface area (Å²) in [5.41, 5.74) is 3.52. The van der Waals surface area contributed by atoms with Crippen LogP contribution >= 0.6 is 0 Å². The minimum atomic E-state index is -0.483. The van der Waals surface area contributed by atoms with Gasteiger partial charge in [-0.15, -0.1) is 0 Å². The number of amides is 1. The largest absolute Gasteiger partial charge is 0.368 e. The number of piperazine rings is 1. The Morgan fingerprint density at radius 2 is 2.09 bits per heavy atom. The van der Waals surface area contributed by atoms with E-state index in [4.69, 9.17) is 0 Å². The minimum Gasteiger partial charge on any atom is -0.368 e. The first-order chi connectivity index (χ1) is 16.0. The van der Waals surface area contributed by atoms with Crippen molar-refractivity contribution in [2.75, 3.05) is 29.9 Å². The molecule has 1 atom stereocenters. The number of hydrogen-bond acceptors (Lipinski definition) is 5. The third-order valence-corrected chi connectivity index (χ3v) is 6.63. The fourth-order valence-electron chi connectivity index (χ4n) is 4.92. The number of halogens is 1. The molecule has 6 rings (SSSR count). The third kappa shape index (κ3) is 3.62. The molecule has 4 aromatic rings. The van der Waals surface area contributed by atoms with Gasteiger partial charge < -0.3 is 19.9 Å². The zero-order valence-corrected chi connectivity index (χ0v) is 18.7. The molecule has 0 radical (unpaired) electrons. The van der Waals surface area contributed by atoms with E-state index in [0.29, 0.717) is 28.5 Å². The normalized spacial score (nSPS) is 18.9. The van der Waals surface area contributed by atoms with Crippen LogP contribution in [0.3, 0.4) is 0 Å². The topological polar surface area (TPSA) is 79.5 Å². The molecule has 4 heterocycles. The summed E-state index contributed by atoms with van der Waals surface area (Å²) < 4.78 is 17.8. The summed E-state index contributed by atoms with van der Waals surface area (Å²) in [7, 11) is 1.86. The van der Waals surface area contributed by atoms with E-state index in [9.17, 15) is 9.18 Å². The fraction of sp³-hybridized carbons (Fsp3) is 0.375. The Hall–Kier alpha value is -3.46. The second kappa shape index (κ2) is 7.55. The molecular formula is C24H26FN7O. The van der Waals surface area contributed by atoms with Gasteiger partial charge in [0, 0.05) is 68.5 Å². The Kier molecular flexibility index (Phi) is 4.62. The van der Waals surface area contributed by atoms with Gasteiger partial charge in [0.15, 0.2) is 11.5 Å². The van der Waals surface area contributed by atoms with Gasteiger partial charge in [0.2, 0.25) is 0 Å². The summed E-state index contributed by atoms with van der Waals surface area (Å²) in [6, 6.07) is 5.65. The molecule has 2 aliphatic rings. The highest BCUT2D eigenvalue weighted by Gasteiger charge is 2.34. The maximum absolute atomic E-state index is 14.5. The van der Waals surface area contributed by atoms with Crippen LogP contribution in [-0.2, 0) is 7.05 Å². The van der Waals surface area contributed by atoms with E-state index in [1.54, 1.807) is 28.4 Å². The summed E-state index contributed by atoms with van der Waals surface area (Å²) in [5, 5.41) is 12.0. The number of anilines is 2. The average Bonchev–Trinajstić information content (AvgIpc) is 3.46. The van der Waals surface area contributed by atoms with E-state index in [2.05, 4.69) is 25.6 Å². The Bertz CT molecular complexity index is 1390. The maximum Gasteiger partial charge on any atom is 0.257 e. The molecule has 33 heavy (non-hydrogen) atoms. The molecule has 0 spiro atoms. The van der Waals surface area contributed by atoms with Gasteiger partial charge in [-0.05, 0) is 37.8 Å². The average molecular weight is 448 g/mol. The molecular weight excluding hydrogens is 421 g/mol. The van der Waals surface area contributed by atoms with Gasteiger partial charge in [0.25, 0.3) is 5.91 Å². The lowest BCUT2D eigenvalue weighted by Gasteiger charge is -2.36. The zero-order valence-electron chi connectivity index (χ0n) is 18.7. The zero-order chi connectivity index (χ0) is 22.7. The van der Waals surface area contributed by atoms with E-state index < -0.39 is 5.82 Å². The molecule has 1 saturated carbocycles. The van der Waals surface area contributed by atoms with Crippen molar-refractivity contribution in [2.45, 2.75) is 25.8 Å². The number of fused-ring (bicyclic) bond motifs is 2. The summed E-state index contributed by atoms with van der Waals surface area (Å²) >= 11 is 0. The number of nitrogens with zero attached hydrogens (tertiary/aromatic N) is 5. The minimum absolute atomic E-state index is 0.238. The van der Waals surface area contributed by atoms with Crippen molar-refractivity contribution in [3.63, 3.8) is 0 Å². The molecule has 1 aliphatic carbocycles. The lowest BCUT2D eigenvalue weighted by molar-refractivity contribution is 0.102. The highest BCUT2D eigenvalue weighted by Crippen LogP contribution is 2.36. The Morgan fingerprint density at radius 1 is 1.24 bits per heavy atom. The summed E-state index contributed by atoms with van der Waals surface area (Å²) in [6.07, 6.45) is 7.97. The van der Waals surface area contributed by atoms with Crippen molar-refractivity contribution in [2.24, 2.45) is 13.0 Å². The van der Waals surface area contributed by atoms with Crippen molar-refractivity contribution < 1.29 is 9.18 Å². The van der Waals surface area contributed by atoms with E-state index >= 15 is 0 Å². The maximum atomic E-state index is 14.5. The molecule has 1 aliphatic heterocycles. The van der Waals surface area contributed by atoms with Crippen molar-refractivity contribution in [3.05, 3.63) is 53.9 Å². The van der Waals surface area contributed by atoms with Gasteiger partial charge >= 0.3 is 0 Å². The van der Waals surface area contributed by atoms with Crippen molar-refractivity contribution in [1.29, 1.82) is 0 Å². The van der Waals surface area contributed by atoms with E-state index in [-0.39, 0.29) is 11.6 Å². The molecule has 1 amide bonds. The lowest BCUT2D eigenvalue weighted by atomic mass is 10.1. The second-order valence-electron chi connectivity index (χ2n) is 9.19. The van der Waals surface area contributed by atoms with Crippen LogP contribution in [0.4, 0.5) is 15.8 Å². The number of hydrogen-bond donors (Lipinski definition) is 2. The van der Waals surface area contributed by atoms with Crippen LogP contribution in [0.5, 0.6) is 0 Å². The number of benzene rings is 1. The number of aromatic nitrogens is 4. The summed E-state index contributed by atoms with van der Waals surface area (Å²) in [4.78, 5) is 19.8. The van der Waals surface area contributed by atoms with Crippen LogP contribution in [0, 0.1) is 18.7 Å². The highest BCUT2D eigenvalue weighted by molar-refractivity contribution is 6.13. The van der Waals surface area contributed by atoms with Gasteiger partial charge in [0.05, 0.1) is 16.9 Å². The highest BCUT2D eigenvalue weighted by atomic mass is 19.1. The van der Waals surface area contributed by atoms with Gasteiger partial charge in [-0.25, -0.2) is 9.37 Å². The number of pyridine rings is 1. The molecule has 3 aromatic heterocycles. The van der Waals surface area contributed by atoms with Crippen LogP contribution in [0.15, 0.2) is 36.8 Å². The molecule has 2 N–H and O–H groups in total. The number of carbonyl (C=O) groups is 1. The van der Waals surface area contributed by atoms with Crippen LogP contribution in [-0.4, -0.2) is 50.7 Å². The number of imidazole rings is 1. The molecule has 8 nitrogen and oxygen atoms in total. The number of nitrogens with one attached hydrogen (secondary N) is 2. The molecule has 1 aromatic carbocycles. The number of carbonyl (C=O) groups excluding carboxylic acids is 1. The quantitative estimate of drug-likeness (QED) is 0.503. The van der Waals surface area contributed by atoms with Crippen LogP contribution in [0.25, 0.3) is 16.6 Å². The standard InChI is InChI=1S/C24H26FN7O/c1-14-10-32-11-16(9-19(25)23(32)27-14)28-24(33)17-5-6-21(18-12-30(2)29-22(17)18)31-8-7-26-20(13-31)15-3-4-15/h5-6,9-12,15,20,26H,3-4,7-8,13H2,1-2H3,(H,28,33)/t20-/m0/s1. The van der Waals surface area contributed by atoms with E-state index in [1.165, 1.54) is 18.9 Å². The Labute approximate surface area is 190 Å². The smallest absolute Gasteiger partial charge is 0.257 e. The third-order valence-electron chi connectivity index (χ3n) is 6.63. The Morgan fingerprint density at radius 3 is 2.91 bits per heavy atom. The monoisotopic (exact) mass is 447 g/mol. The van der Waals surface area contributed by atoms with E-state index in [0.717, 1.165) is 36.6 Å². The molecule has 2 fully saturated rings. The first-order valence-corrected chi connectivity index (χ1v) is 11.4. The fourth-order valence-corrected chi connectivity index (χ4v) is 4.92. The van der Waals surface area contributed by atoms with Gasteiger partial charge in [-0.1, -0.05) is 0 Å². The van der Waals surface area contributed by atoms with Crippen molar-refractivity contribution in [3.8, 4) is 0 Å². The number of rotatable bonds is 4. The van der Waals surface area contributed by atoms with Gasteiger partial charge in [-0.2, -0.15) is 5.10 Å². The van der Waals surface area contributed by atoms with Gasteiger partial charge in [-0.3, -0.25) is 9.48 Å². The van der Waals surface area contributed by atoms with Crippen molar-refractivity contribution >= 4 is 33.8 Å². The molecule has 0 unspecified atom stereocenters. The first-order valence-electron chi connectivity index (χ1n) is 11.4. The second-order valence-corrected chi connectivity index (χ2v) is 9.19. The molecule has 1 saturated heterocycles. The predicted octanol–water partition coefficient (Wildman–Crippen LogP) is 3.11.